The maximum Gasteiger partial charge on any atom is 0.254 e. The van der Waals surface area contributed by atoms with E-state index < -0.39 is 0 Å². The number of nitrogens with zero attached hydrogens (tertiary/aromatic N) is 1. The molecule has 0 aromatic heterocycles. The van der Waals surface area contributed by atoms with Gasteiger partial charge in [-0.15, -0.1) is 12.6 Å². The number of piperidine rings is 1. The second-order valence-corrected chi connectivity index (χ2v) is 6.14. The highest BCUT2D eigenvalue weighted by Crippen LogP contribution is 2.23. The van der Waals surface area contributed by atoms with E-state index in [-0.39, 0.29) is 18.6 Å². The van der Waals surface area contributed by atoms with Gasteiger partial charge in [-0.25, -0.2) is 0 Å². The molecule has 1 aliphatic rings. The SMILES string of the molecule is O=C(c1ccc(Br)cc1S)N1CCC(OCCO)CC1. The Morgan fingerprint density at radius 2 is 2.15 bits per heavy atom. The molecule has 0 spiro atoms. The number of rotatable bonds is 4. The molecule has 1 N–H and O–H groups in total. The molecule has 1 fully saturated rings. The first kappa shape index (κ1) is 15.8. The monoisotopic (exact) mass is 359 g/mol. The summed E-state index contributed by atoms with van der Waals surface area (Å²) in [5, 5.41) is 8.74. The number of aliphatic hydroxyl groups is 1. The maximum absolute atomic E-state index is 12.4. The molecule has 0 bridgehead atoms. The summed E-state index contributed by atoms with van der Waals surface area (Å²) in [6, 6.07) is 5.47. The Balaban J connectivity index is 1.94. The van der Waals surface area contributed by atoms with E-state index in [9.17, 15) is 4.79 Å². The number of thiol groups is 1. The minimum Gasteiger partial charge on any atom is -0.394 e. The zero-order valence-electron chi connectivity index (χ0n) is 11.1. The Morgan fingerprint density at radius 3 is 2.75 bits per heavy atom. The number of aliphatic hydroxyl groups excluding tert-OH is 1. The normalized spacial score (nSPS) is 16.4. The first-order valence-electron chi connectivity index (χ1n) is 6.62. The van der Waals surface area contributed by atoms with Crippen molar-refractivity contribution in [2.45, 2.75) is 23.8 Å². The Hall–Kier alpha value is -0.560. The van der Waals surface area contributed by atoms with Crippen LogP contribution in [0.4, 0.5) is 0 Å². The molecule has 1 aromatic rings. The standard InChI is InChI=1S/C14H18BrNO3S/c15-10-1-2-12(13(20)9-10)14(18)16-5-3-11(4-6-16)19-8-7-17/h1-2,9,11,17,20H,3-8H2. The lowest BCUT2D eigenvalue weighted by Crippen LogP contribution is -2.41. The molecule has 0 atom stereocenters. The van der Waals surface area contributed by atoms with Crippen LogP contribution in [-0.4, -0.2) is 48.3 Å². The molecule has 1 saturated heterocycles. The van der Waals surface area contributed by atoms with E-state index in [2.05, 4.69) is 28.6 Å². The van der Waals surface area contributed by atoms with E-state index in [0.717, 1.165) is 17.3 Å². The average molecular weight is 360 g/mol. The van der Waals surface area contributed by atoms with E-state index >= 15 is 0 Å². The summed E-state index contributed by atoms with van der Waals surface area (Å²) < 4.78 is 6.41. The predicted molar refractivity (Wildman–Crippen MR) is 83.4 cm³/mol. The van der Waals surface area contributed by atoms with Gasteiger partial charge in [0.1, 0.15) is 0 Å². The molecule has 2 rings (SSSR count). The summed E-state index contributed by atoms with van der Waals surface area (Å²) in [7, 11) is 0. The fourth-order valence-electron chi connectivity index (χ4n) is 2.30. The van der Waals surface area contributed by atoms with Gasteiger partial charge in [0.15, 0.2) is 0 Å². The van der Waals surface area contributed by atoms with E-state index in [4.69, 9.17) is 9.84 Å². The smallest absolute Gasteiger partial charge is 0.254 e. The van der Waals surface area contributed by atoms with Crippen LogP contribution in [0.2, 0.25) is 0 Å². The minimum atomic E-state index is 0.0168. The van der Waals surface area contributed by atoms with Crippen LogP contribution in [0.5, 0.6) is 0 Å². The van der Waals surface area contributed by atoms with Crippen molar-refractivity contribution < 1.29 is 14.6 Å². The Bertz CT molecular complexity index is 475. The minimum absolute atomic E-state index is 0.0168. The number of halogens is 1. The van der Waals surface area contributed by atoms with Crippen LogP contribution in [0.25, 0.3) is 0 Å². The second-order valence-electron chi connectivity index (χ2n) is 4.75. The van der Waals surface area contributed by atoms with Crippen LogP contribution >= 0.6 is 28.6 Å². The van der Waals surface area contributed by atoms with Crippen molar-refractivity contribution >= 4 is 34.5 Å². The molecular formula is C14H18BrNO3S. The number of carbonyl (C=O) groups excluding carboxylic acids is 1. The molecule has 20 heavy (non-hydrogen) atoms. The van der Waals surface area contributed by atoms with Crippen LogP contribution in [0.15, 0.2) is 27.6 Å². The number of benzene rings is 1. The molecule has 1 aromatic carbocycles. The summed E-state index contributed by atoms with van der Waals surface area (Å²) in [6.45, 7) is 1.77. The average Bonchev–Trinajstić information content (AvgIpc) is 2.45. The molecular weight excluding hydrogens is 342 g/mol. The third-order valence-corrected chi connectivity index (χ3v) is 4.23. The molecule has 0 unspecified atom stereocenters. The largest absolute Gasteiger partial charge is 0.394 e. The zero-order valence-corrected chi connectivity index (χ0v) is 13.6. The topological polar surface area (TPSA) is 49.8 Å². The van der Waals surface area contributed by atoms with Crippen molar-refractivity contribution in [2.24, 2.45) is 0 Å². The molecule has 0 saturated carbocycles. The number of hydrogen-bond acceptors (Lipinski definition) is 4. The quantitative estimate of drug-likeness (QED) is 0.811. The van der Waals surface area contributed by atoms with Gasteiger partial charge in [-0.05, 0) is 31.0 Å². The third kappa shape index (κ3) is 3.97. The summed E-state index contributed by atoms with van der Waals surface area (Å²) in [5.41, 5.74) is 0.631. The van der Waals surface area contributed by atoms with Gasteiger partial charge in [0.05, 0.1) is 24.9 Å². The van der Waals surface area contributed by atoms with E-state index in [1.807, 2.05) is 17.0 Å². The molecule has 1 aliphatic heterocycles. The van der Waals surface area contributed by atoms with Crippen molar-refractivity contribution in [3.63, 3.8) is 0 Å². The number of hydrogen-bond donors (Lipinski definition) is 2. The molecule has 110 valence electrons. The van der Waals surface area contributed by atoms with Crippen molar-refractivity contribution in [3.8, 4) is 0 Å². The summed E-state index contributed by atoms with van der Waals surface area (Å²) >= 11 is 7.72. The van der Waals surface area contributed by atoms with Gasteiger partial charge < -0.3 is 14.7 Å². The first-order valence-corrected chi connectivity index (χ1v) is 7.86. The lowest BCUT2D eigenvalue weighted by atomic mass is 10.1. The fourth-order valence-corrected chi connectivity index (χ4v) is 3.15. The number of carbonyl (C=O) groups is 1. The molecule has 6 heteroatoms. The molecule has 1 heterocycles. The van der Waals surface area contributed by atoms with Crippen molar-refractivity contribution in [1.82, 2.24) is 4.90 Å². The van der Waals surface area contributed by atoms with Crippen LogP contribution in [-0.2, 0) is 4.74 Å². The van der Waals surface area contributed by atoms with Gasteiger partial charge in [0.2, 0.25) is 0 Å². The lowest BCUT2D eigenvalue weighted by Gasteiger charge is -2.32. The predicted octanol–water partition coefficient (Wildman–Crippen LogP) is 2.35. The summed E-state index contributed by atoms with van der Waals surface area (Å²) in [5.74, 6) is 0.0168. The molecule has 1 amide bonds. The Morgan fingerprint density at radius 1 is 1.45 bits per heavy atom. The number of likely N-dealkylation sites (tertiary alicyclic amines) is 1. The molecule has 0 radical (unpaired) electrons. The van der Waals surface area contributed by atoms with E-state index in [1.165, 1.54) is 0 Å². The third-order valence-electron chi connectivity index (χ3n) is 3.36. The van der Waals surface area contributed by atoms with E-state index in [1.54, 1.807) is 6.07 Å². The van der Waals surface area contributed by atoms with Crippen LogP contribution < -0.4 is 0 Å². The fraction of sp³-hybridized carbons (Fsp3) is 0.500. The van der Waals surface area contributed by atoms with Gasteiger partial charge in [-0.1, -0.05) is 15.9 Å². The zero-order chi connectivity index (χ0) is 14.5. The number of ether oxygens (including phenoxy) is 1. The Kier molecular flexibility index (Phi) is 5.89. The summed E-state index contributed by atoms with van der Waals surface area (Å²) in [4.78, 5) is 15.0. The Labute approximate surface area is 132 Å². The van der Waals surface area contributed by atoms with Gasteiger partial charge in [0.25, 0.3) is 5.91 Å². The number of amides is 1. The van der Waals surface area contributed by atoms with Gasteiger partial charge in [-0.3, -0.25) is 4.79 Å². The van der Waals surface area contributed by atoms with Gasteiger partial charge in [0, 0.05) is 22.5 Å². The van der Waals surface area contributed by atoms with Crippen LogP contribution in [0.3, 0.4) is 0 Å². The van der Waals surface area contributed by atoms with E-state index in [0.29, 0.717) is 30.2 Å². The highest BCUT2D eigenvalue weighted by molar-refractivity contribution is 9.10. The first-order chi connectivity index (χ1) is 9.61. The van der Waals surface area contributed by atoms with Gasteiger partial charge in [-0.2, -0.15) is 0 Å². The van der Waals surface area contributed by atoms with Crippen molar-refractivity contribution in [2.75, 3.05) is 26.3 Å². The highest BCUT2D eigenvalue weighted by Gasteiger charge is 2.24. The maximum atomic E-state index is 12.4. The summed E-state index contributed by atoms with van der Waals surface area (Å²) in [6.07, 6.45) is 1.76. The van der Waals surface area contributed by atoms with Crippen LogP contribution in [0, 0.1) is 0 Å². The van der Waals surface area contributed by atoms with Crippen molar-refractivity contribution in [3.05, 3.63) is 28.2 Å². The van der Waals surface area contributed by atoms with Crippen molar-refractivity contribution in [1.29, 1.82) is 0 Å². The highest BCUT2D eigenvalue weighted by atomic mass is 79.9. The molecule has 0 aliphatic carbocycles. The van der Waals surface area contributed by atoms with Gasteiger partial charge >= 0.3 is 0 Å². The molecule has 4 nitrogen and oxygen atoms in total. The second kappa shape index (κ2) is 7.45. The lowest BCUT2D eigenvalue weighted by molar-refractivity contribution is -0.00560. The van der Waals surface area contributed by atoms with Crippen LogP contribution in [0.1, 0.15) is 23.2 Å².